The van der Waals surface area contributed by atoms with Gasteiger partial charge in [0.2, 0.25) is 5.69 Å². The van der Waals surface area contributed by atoms with Crippen molar-refractivity contribution < 1.29 is 4.57 Å². The molecule has 2 atom stereocenters. The van der Waals surface area contributed by atoms with E-state index in [-0.39, 0.29) is 0 Å². The fourth-order valence-corrected chi connectivity index (χ4v) is 4.01. The molecule has 2 unspecified atom stereocenters. The maximum Gasteiger partial charge on any atom is 0.216 e. The van der Waals surface area contributed by atoms with Crippen LogP contribution in [0.4, 0.5) is 0 Å². The van der Waals surface area contributed by atoms with Crippen LogP contribution in [0, 0.1) is 5.92 Å². The third-order valence-corrected chi connectivity index (χ3v) is 5.85. The zero-order chi connectivity index (χ0) is 19.4. The first-order valence-electron chi connectivity index (χ1n) is 10.3. The van der Waals surface area contributed by atoms with Crippen LogP contribution >= 0.6 is 0 Å². The Bertz CT molecular complexity index is 902. The summed E-state index contributed by atoms with van der Waals surface area (Å²) in [6.07, 6.45) is 13.4. The van der Waals surface area contributed by atoms with Crippen LogP contribution in [-0.4, -0.2) is 0 Å². The van der Waals surface area contributed by atoms with Crippen LogP contribution in [0.25, 0.3) is 16.3 Å². The van der Waals surface area contributed by atoms with Crippen LogP contribution in [0.15, 0.2) is 66.0 Å². The van der Waals surface area contributed by atoms with E-state index in [0.29, 0.717) is 12.0 Å². The van der Waals surface area contributed by atoms with Crippen molar-refractivity contribution in [3.8, 4) is 0 Å². The number of hydrogen-bond acceptors (Lipinski definition) is 1. The average Bonchev–Trinajstić information content (AvgIpc) is 2.69. The number of nitrogens with two attached hydrogens (primary N) is 1. The van der Waals surface area contributed by atoms with Gasteiger partial charge in [-0.05, 0) is 62.1 Å². The molecule has 0 radical (unpaired) electrons. The van der Waals surface area contributed by atoms with Crippen LogP contribution in [0.3, 0.4) is 0 Å². The molecule has 1 aromatic heterocycles. The van der Waals surface area contributed by atoms with E-state index in [1.54, 1.807) is 0 Å². The van der Waals surface area contributed by atoms with Crippen LogP contribution in [0.1, 0.15) is 65.1 Å². The zero-order valence-electron chi connectivity index (χ0n) is 17.2. The van der Waals surface area contributed by atoms with Gasteiger partial charge in [0.05, 0.1) is 5.39 Å². The molecule has 0 fully saturated rings. The van der Waals surface area contributed by atoms with Gasteiger partial charge in [0.1, 0.15) is 0 Å². The number of nitrogens with zero attached hydrogens (tertiary/aromatic N) is 1. The van der Waals surface area contributed by atoms with E-state index in [4.69, 9.17) is 5.73 Å². The lowest BCUT2D eigenvalue weighted by Gasteiger charge is -2.25. The van der Waals surface area contributed by atoms with Crippen molar-refractivity contribution >= 4 is 16.3 Å². The monoisotopic (exact) mass is 361 g/mol. The normalized spacial score (nSPS) is 19.0. The molecule has 0 aliphatic heterocycles. The highest BCUT2D eigenvalue weighted by molar-refractivity contribution is 5.91. The van der Waals surface area contributed by atoms with Crippen LogP contribution in [-0.2, 0) is 0 Å². The van der Waals surface area contributed by atoms with Gasteiger partial charge in [0.25, 0.3) is 0 Å². The van der Waals surface area contributed by atoms with Gasteiger partial charge in [-0.2, -0.15) is 4.57 Å². The minimum Gasteiger partial charge on any atom is -0.399 e. The predicted octanol–water partition coefficient (Wildman–Crippen LogP) is 6.09. The number of hydrogen-bond donors (Lipinski definition) is 1. The Morgan fingerprint density at radius 2 is 1.96 bits per heavy atom. The van der Waals surface area contributed by atoms with Gasteiger partial charge in [-0.3, -0.25) is 0 Å². The van der Waals surface area contributed by atoms with Gasteiger partial charge in [0.15, 0.2) is 12.2 Å². The molecule has 0 saturated carbocycles. The highest BCUT2D eigenvalue weighted by atomic mass is 15.0. The number of benzene rings is 1. The molecule has 1 aliphatic carbocycles. The summed E-state index contributed by atoms with van der Waals surface area (Å²) >= 11 is 0. The van der Waals surface area contributed by atoms with Crippen LogP contribution in [0.5, 0.6) is 0 Å². The molecule has 0 saturated heterocycles. The SMILES string of the molecule is CCC=CCC1CC(C)=C(N)C=C1c1c2ccccc2cc[n+]1C(C)CC. The molecule has 2 N–H and O–H groups in total. The summed E-state index contributed by atoms with van der Waals surface area (Å²) in [5, 5.41) is 2.61. The summed E-state index contributed by atoms with van der Waals surface area (Å²) in [7, 11) is 0. The Balaban J connectivity index is 2.22. The van der Waals surface area contributed by atoms with Gasteiger partial charge < -0.3 is 5.73 Å². The van der Waals surface area contributed by atoms with Crippen LogP contribution < -0.4 is 10.3 Å². The Kier molecular flexibility index (Phi) is 6.15. The summed E-state index contributed by atoms with van der Waals surface area (Å²) in [4.78, 5) is 0. The lowest BCUT2D eigenvalue weighted by molar-refractivity contribution is -0.720. The molecule has 1 aromatic carbocycles. The lowest BCUT2D eigenvalue weighted by atomic mass is 9.81. The molecule has 3 rings (SSSR count). The smallest absolute Gasteiger partial charge is 0.216 e. The fourth-order valence-electron chi connectivity index (χ4n) is 4.01. The molecule has 1 aliphatic rings. The predicted molar refractivity (Wildman–Crippen MR) is 116 cm³/mol. The van der Waals surface area contributed by atoms with Gasteiger partial charge in [0, 0.05) is 23.8 Å². The van der Waals surface area contributed by atoms with Crippen molar-refractivity contribution in [1.29, 1.82) is 0 Å². The maximum atomic E-state index is 6.40. The standard InChI is InChI=1S/C25H33N2/c1-5-7-8-12-21-16-18(3)24(26)17-23(21)25-22-13-10-9-11-20(22)14-15-27(25)19(4)6-2/h7-11,13-15,17,19,21H,5-6,12,16,26H2,1-4H3/q+1. The Morgan fingerprint density at radius 1 is 1.19 bits per heavy atom. The van der Waals surface area contributed by atoms with E-state index in [9.17, 15) is 0 Å². The van der Waals surface area contributed by atoms with E-state index in [0.717, 1.165) is 31.4 Å². The Labute approximate surface area is 164 Å². The van der Waals surface area contributed by atoms with Crippen molar-refractivity contribution in [3.63, 3.8) is 0 Å². The Morgan fingerprint density at radius 3 is 2.70 bits per heavy atom. The zero-order valence-corrected chi connectivity index (χ0v) is 17.2. The first-order chi connectivity index (χ1) is 13.1. The first-order valence-corrected chi connectivity index (χ1v) is 10.3. The van der Waals surface area contributed by atoms with Gasteiger partial charge in [-0.25, -0.2) is 0 Å². The van der Waals surface area contributed by atoms with Crippen molar-refractivity contribution in [3.05, 3.63) is 71.7 Å². The average molecular weight is 362 g/mol. The van der Waals surface area contributed by atoms with Crippen molar-refractivity contribution in [2.24, 2.45) is 11.7 Å². The first kappa shape index (κ1) is 19.4. The van der Waals surface area contributed by atoms with Crippen molar-refractivity contribution in [2.75, 3.05) is 0 Å². The molecule has 2 heteroatoms. The molecule has 0 bridgehead atoms. The molecule has 142 valence electrons. The number of fused-ring (bicyclic) bond motifs is 1. The summed E-state index contributed by atoms with van der Waals surface area (Å²) in [5.74, 6) is 0.473. The van der Waals surface area contributed by atoms with E-state index >= 15 is 0 Å². The Hall–Kier alpha value is -2.35. The van der Waals surface area contributed by atoms with E-state index in [1.807, 2.05) is 0 Å². The van der Waals surface area contributed by atoms with E-state index < -0.39 is 0 Å². The molecular formula is C25H33N2+. The summed E-state index contributed by atoms with van der Waals surface area (Å²) in [6, 6.07) is 11.4. The highest BCUT2D eigenvalue weighted by Crippen LogP contribution is 2.38. The van der Waals surface area contributed by atoms with Gasteiger partial charge in [-0.15, -0.1) is 0 Å². The van der Waals surface area contributed by atoms with Crippen molar-refractivity contribution in [1.82, 2.24) is 0 Å². The third kappa shape index (κ3) is 4.00. The second-order valence-electron chi connectivity index (χ2n) is 7.77. The van der Waals surface area contributed by atoms with E-state index in [1.165, 1.54) is 27.6 Å². The molecule has 2 aromatic rings. The fraction of sp³-hybridized carbons (Fsp3) is 0.400. The molecule has 0 spiro atoms. The third-order valence-electron chi connectivity index (χ3n) is 5.85. The topological polar surface area (TPSA) is 29.9 Å². The minimum atomic E-state index is 0.450. The quantitative estimate of drug-likeness (QED) is 0.489. The summed E-state index contributed by atoms with van der Waals surface area (Å²) < 4.78 is 2.46. The van der Waals surface area contributed by atoms with E-state index in [2.05, 4.69) is 87.0 Å². The number of pyridine rings is 1. The molecule has 27 heavy (non-hydrogen) atoms. The van der Waals surface area contributed by atoms with Gasteiger partial charge >= 0.3 is 0 Å². The number of aromatic nitrogens is 1. The molecular weight excluding hydrogens is 328 g/mol. The maximum absolute atomic E-state index is 6.40. The second kappa shape index (κ2) is 8.56. The largest absolute Gasteiger partial charge is 0.399 e. The van der Waals surface area contributed by atoms with Crippen molar-refractivity contribution in [2.45, 2.75) is 59.4 Å². The van der Waals surface area contributed by atoms with Crippen LogP contribution in [0.2, 0.25) is 0 Å². The summed E-state index contributed by atoms with van der Waals surface area (Å²) in [5.41, 5.74) is 11.4. The highest BCUT2D eigenvalue weighted by Gasteiger charge is 2.30. The minimum absolute atomic E-state index is 0.450. The summed E-state index contributed by atoms with van der Waals surface area (Å²) in [6.45, 7) is 8.92. The number of rotatable bonds is 6. The number of allylic oxidation sites excluding steroid dienone is 5. The molecule has 0 amide bonds. The molecule has 1 heterocycles. The lowest BCUT2D eigenvalue weighted by Crippen LogP contribution is -2.42. The molecule has 2 nitrogen and oxygen atoms in total. The second-order valence-corrected chi connectivity index (χ2v) is 7.77. The van der Waals surface area contributed by atoms with Gasteiger partial charge in [-0.1, -0.05) is 44.2 Å².